The number of imidazole rings is 1. The molecule has 0 bridgehead atoms. The molecule has 0 spiro atoms. The number of fused-ring (bicyclic) bond motifs is 1. The fourth-order valence-corrected chi connectivity index (χ4v) is 5.87. The lowest BCUT2D eigenvalue weighted by molar-refractivity contribution is -0.0970. The molecule has 240 valence electrons. The number of hydrogen-bond donors (Lipinski definition) is 2. The van der Waals surface area contributed by atoms with Crippen molar-refractivity contribution in [2.45, 2.75) is 30.1 Å². The number of aromatic nitrogens is 4. The monoisotopic (exact) mass is 627 g/mol. The Morgan fingerprint density at radius 1 is 0.826 bits per heavy atom. The van der Waals surface area contributed by atoms with Crippen molar-refractivity contribution in [2.24, 2.45) is 0 Å². The van der Waals surface area contributed by atoms with Crippen molar-refractivity contribution in [1.82, 2.24) is 19.5 Å². The summed E-state index contributed by atoms with van der Waals surface area (Å²) in [6, 6.07) is 25.4. The summed E-state index contributed by atoms with van der Waals surface area (Å²) in [6.07, 6.45) is -0.516. The highest BCUT2D eigenvalue weighted by molar-refractivity contribution is 5.81. The normalized spacial score (nSPS) is 19.8. The number of anilines is 1. The van der Waals surface area contributed by atoms with Crippen LogP contribution in [0.3, 0.4) is 0 Å². The topological polar surface area (TPSA) is 145 Å². The van der Waals surface area contributed by atoms with Crippen molar-refractivity contribution in [2.75, 3.05) is 46.9 Å². The van der Waals surface area contributed by atoms with Crippen LogP contribution in [0.4, 0.5) is 5.82 Å². The number of rotatable bonds is 13. The Balaban J connectivity index is 1.40. The lowest BCUT2D eigenvalue weighted by Gasteiger charge is -2.37. The van der Waals surface area contributed by atoms with E-state index in [4.69, 9.17) is 34.2 Å². The number of nitrogens with two attached hydrogens (primary N) is 1. The third-order valence-corrected chi connectivity index (χ3v) is 8.21. The highest BCUT2D eigenvalue weighted by Crippen LogP contribution is 2.43. The maximum atomic E-state index is 11.7. The molecule has 1 fully saturated rings. The smallest absolute Gasteiger partial charge is 0.167 e. The van der Waals surface area contributed by atoms with Crippen LogP contribution in [-0.4, -0.2) is 84.1 Å². The number of hydrogen-bond acceptors (Lipinski definition) is 11. The second kappa shape index (κ2) is 13.8. The highest BCUT2D eigenvalue weighted by Gasteiger charge is 2.48. The van der Waals surface area contributed by atoms with Gasteiger partial charge in [-0.2, -0.15) is 0 Å². The zero-order valence-electron chi connectivity index (χ0n) is 25.9. The number of benzene rings is 3. The quantitative estimate of drug-likeness (QED) is 0.146. The number of nitrogens with zero attached hydrogens (tertiary/aromatic N) is 4. The van der Waals surface area contributed by atoms with E-state index in [0.29, 0.717) is 29.3 Å². The Morgan fingerprint density at radius 3 is 2.07 bits per heavy atom. The molecule has 3 aromatic carbocycles. The van der Waals surface area contributed by atoms with Crippen molar-refractivity contribution in [3.8, 4) is 11.5 Å². The maximum absolute atomic E-state index is 11.7. The standard InChI is InChI=1S/C34H37N5O7/c1-41-17-18-44-30-29(40)27(46-33(30)39-21-38-28-31(35)36-20-37-32(28)39)19-45-34(22-7-5-4-6-8-22,23-9-13-25(42-2)14-10-23)24-11-15-26(43-3)16-12-24/h4-16,20-21,27,29-30,33,40H,17-19H2,1-3H3,(H2,35,36,37)/t27-,29-,30+,33+/m1/s1. The van der Waals surface area contributed by atoms with Gasteiger partial charge in [0.25, 0.3) is 0 Å². The van der Waals surface area contributed by atoms with E-state index in [1.807, 2.05) is 78.9 Å². The molecule has 0 aliphatic carbocycles. The second-order valence-electron chi connectivity index (χ2n) is 10.8. The summed E-state index contributed by atoms with van der Waals surface area (Å²) in [7, 11) is 4.84. The van der Waals surface area contributed by atoms with Gasteiger partial charge in [-0.1, -0.05) is 54.6 Å². The molecule has 1 aliphatic rings. The van der Waals surface area contributed by atoms with Crippen molar-refractivity contribution in [3.05, 3.63) is 108 Å². The van der Waals surface area contributed by atoms with Crippen LogP contribution >= 0.6 is 0 Å². The number of methoxy groups -OCH3 is 3. The van der Waals surface area contributed by atoms with Crippen molar-refractivity contribution in [1.29, 1.82) is 0 Å². The van der Waals surface area contributed by atoms with E-state index in [1.54, 1.807) is 32.2 Å². The predicted octanol–water partition coefficient (Wildman–Crippen LogP) is 3.72. The van der Waals surface area contributed by atoms with Gasteiger partial charge in [-0.15, -0.1) is 0 Å². The minimum absolute atomic E-state index is 0.00148. The molecule has 3 N–H and O–H groups in total. The molecular weight excluding hydrogens is 590 g/mol. The van der Waals surface area contributed by atoms with Crippen molar-refractivity contribution in [3.63, 3.8) is 0 Å². The van der Waals surface area contributed by atoms with Gasteiger partial charge < -0.3 is 39.3 Å². The van der Waals surface area contributed by atoms with Gasteiger partial charge in [0.05, 0.1) is 40.4 Å². The lowest BCUT2D eigenvalue weighted by atomic mass is 9.80. The van der Waals surface area contributed by atoms with Crippen LogP contribution in [0, 0.1) is 0 Å². The summed E-state index contributed by atoms with van der Waals surface area (Å²) in [5.74, 6) is 1.67. The predicted molar refractivity (Wildman–Crippen MR) is 170 cm³/mol. The average Bonchev–Trinajstić information content (AvgIpc) is 3.67. The molecule has 4 atom stereocenters. The molecule has 0 radical (unpaired) electrons. The average molecular weight is 628 g/mol. The van der Waals surface area contributed by atoms with Crippen LogP contribution in [0.2, 0.25) is 0 Å². The molecule has 0 saturated carbocycles. The minimum atomic E-state index is -1.10. The molecule has 2 aromatic heterocycles. The minimum Gasteiger partial charge on any atom is -0.497 e. The molecule has 6 rings (SSSR count). The van der Waals surface area contributed by atoms with Crippen LogP contribution in [0.25, 0.3) is 11.2 Å². The van der Waals surface area contributed by atoms with Gasteiger partial charge in [0.15, 0.2) is 17.7 Å². The van der Waals surface area contributed by atoms with Crippen LogP contribution in [0.15, 0.2) is 91.5 Å². The first-order valence-electron chi connectivity index (χ1n) is 14.9. The first-order chi connectivity index (χ1) is 22.5. The summed E-state index contributed by atoms with van der Waals surface area (Å²) in [5.41, 5.74) is 8.44. The Bertz CT molecular complexity index is 1670. The largest absolute Gasteiger partial charge is 0.497 e. The first kappa shape index (κ1) is 31.4. The molecule has 1 aliphatic heterocycles. The molecule has 5 aromatic rings. The summed E-state index contributed by atoms with van der Waals surface area (Å²) in [5, 5.41) is 11.7. The molecular formula is C34H37N5O7. The van der Waals surface area contributed by atoms with E-state index in [2.05, 4.69) is 15.0 Å². The molecule has 3 heterocycles. The zero-order chi connectivity index (χ0) is 32.1. The van der Waals surface area contributed by atoms with Gasteiger partial charge in [0, 0.05) is 7.11 Å². The lowest BCUT2D eigenvalue weighted by Crippen LogP contribution is -2.40. The number of nitrogen functional groups attached to an aromatic ring is 1. The molecule has 0 unspecified atom stereocenters. The number of aliphatic hydroxyl groups is 1. The fourth-order valence-electron chi connectivity index (χ4n) is 5.87. The molecule has 1 saturated heterocycles. The van der Waals surface area contributed by atoms with Crippen molar-refractivity contribution >= 4 is 17.0 Å². The SMILES string of the molecule is COCCO[C@H]1[C@H](O)[C@@H](COC(c2ccccc2)(c2ccc(OC)cc2)c2ccc(OC)cc2)O[C@@H]1n1cnc2c(N)ncnc21. The van der Waals surface area contributed by atoms with Gasteiger partial charge >= 0.3 is 0 Å². The maximum Gasteiger partial charge on any atom is 0.167 e. The second-order valence-corrected chi connectivity index (χ2v) is 10.8. The molecule has 12 nitrogen and oxygen atoms in total. The number of ether oxygens (including phenoxy) is 6. The summed E-state index contributed by atoms with van der Waals surface area (Å²) in [4.78, 5) is 12.8. The Labute approximate surface area is 266 Å². The highest BCUT2D eigenvalue weighted by atomic mass is 16.6. The van der Waals surface area contributed by atoms with Gasteiger partial charge in [-0.3, -0.25) is 4.57 Å². The van der Waals surface area contributed by atoms with Crippen molar-refractivity contribution < 1.29 is 33.5 Å². The van der Waals surface area contributed by atoms with Gasteiger partial charge in [-0.05, 0) is 41.0 Å². The summed E-state index contributed by atoms with van der Waals surface area (Å²) in [6.45, 7) is 0.572. The Hall–Kier alpha value is -4.59. The van der Waals surface area contributed by atoms with Crippen LogP contribution in [0.1, 0.15) is 22.9 Å². The van der Waals surface area contributed by atoms with E-state index in [9.17, 15) is 5.11 Å². The Kier molecular flexibility index (Phi) is 9.43. The zero-order valence-corrected chi connectivity index (χ0v) is 25.9. The fraction of sp³-hybridized carbons (Fsp3) is 0.324. The van der Waals surface area contributed by atoms with E-state index in [-0.39, 0.29) is 19.0 Å². The molecule has 12 heteroatoms. The molecule has 0 amide bonds. The summed E-state index contributed by atoms with van der Waals surface area (Å²) < 4.78 is 37.5. The first-order valence-corrected chi connectivity index (χ1v) is 14.9. The van der Waals surface area contributed by atoms with Crippen LogP contribution in [-0.2, 0) is 24.5 Å². The van der Waals surface area contributed by atoms with E-state index in [1.165, 1.54) is 6.33 Å². The third kappa shape index (κ3) is 5.88. The molecule has 46 heavy (non-hydrogen) atoms. The van der Waals surface area contributed by atoms with Gasteiger partial charge in [-0.25, -0.2) is 15.0 Å². The van der Waals surface area contributed by atoms with E-state index < -0.39 is 30.1 Å². The van der Waals surface area contributed by atoms with E-state index >= 15 is 0 Å². The third-order valence-electron chi connectivity index (χ3n) is 8.21. The van der Waals surface area contributed by atoms with E-state index in [0.717, 1.165) is 16.7 Å². The van der Waals surface area contributed by atoms with Gasteiger partial charge in [0.2, 0.25) is 0 Å². The van der Waals surface area contributed by atoms with Gasteiger partial charge in [0.1, 0.15) is 47.3 Å². The van der Waals surface area contributed by atoms with Crippen LogP contribution < -0.4 is 15.2 Å². The van der Waals surface area contributed by atoms with Crippen LogP contribution in [0.5, 0.6) is 11.5 Å². The Morgan fingerprint density at radius 2 is 1.46 bits per heavy atom. The number of aliphatic hydroxyl groups excluding tert-OH is 1. The summed E-state index contributed by atoms with van der Waals surface area (Å²) >= 11 is 0.